The van der Waals surface area contributed by atoms with Gasteiger partial charge < -0.3 is 5.32 Å². The molecule has 1 atom stereocenters. The SMILES string of the molecule is CCC(=O)N(c1nnc(SCC(=O)NC(=O)N[C@H](C)CC)s1)C1CC1. The van der Waals surface area contributed by atoms with Crippen LogP contribution in [-0.2, 0) is 9.59 Å². The van der Waals surface area contributed by atoms with Gasteiger partial charge in [0.15, 0.2) is 4.34 Å². The summed E-state index contributed by atoms with van der Waals surface area (Å²) in [5.74, 6) is -0.297. The van der Waals surface area contributed by atoms with Crippen molar-refractivity contribution in [1.82, 2.24) is 20.8 Å². The molecule has 1 heterocycles. The van der Waals surface area contributed by atoms with Gasteiger partial charge in [-0.1, -0.05) is 36.9 Å². The number of carbonyl (C=O) groups excluding carboxylic acids is 3. The first-order chi connectivity index (χ1) is 11.9. The van der Waals surface area contributed by atoms with Crippen molar-refractivity contribution in [3.8, 4) is 0 Å². The molecule has 0 aromatic carbocycles. The van der Waals surface area contributed by atoms with Crippen LogP contribution in [0.3, 0.4) is 0 Å². The molecule has 1 aromatic rings. The summed E-state index contributed by atoms with van der Waals surface area (Å²) in [5, 5.41) is 13.6. The van der Waals surface area contributed by atoms with Crippen LogP contribution in [0, 0.1) is 0 Å². The average Bonchev–Trinajstić information content (AvgIpc) is 3.30. The van der Waals surface area contributed by atoms with E-state index in [9.17, 15) is 14.4 Å². The molecule has 1 aliphatic rings. The van der Waals surface area contributed by atoms with Crippen LogP contribution >= 0.6 is 23.1 Å². The van der Waals surface area contributed by atoms with Gasteiger partial charge in [-0.25, -0.2) is 4.79 Å². The maximum Gasteiger partial charge on any atom is 0.321 e. The van der Waals surface area contributed by atoms with Gasteiger partial charge in [0.2, 0.25) is 16.9 Å². The van der Waals surface area contributed by atoms with Crippen LogP contribution in [0.1, 0.15) is 46.5 Å². The Kier molecular flexibility index (Phi) is 7.18. The Morgan fingerprint density at radius 2 is 2.04 bits per heavy atom. The maximum atomic E-state index is 12.1. The molecule has 0 aliphatic heterocycles. The molecular weight excluding hydrogens is 362 g/mol. The number of hydrogen-bond donors (Lipinski definition) is 2. The molecule has 25 heavy (non-hydrogen) atoms. The number of urea groups is 1. The molecule has 0 saturated heterocycles. The molecule has 138 valence electrons. The maximum absolute atomic E-state index is 12.1. The number of hydrogen-bond acceptors (Lipinski definition) is 7. The lowest BCUT2D eigenvalue weighted by molar-refractivity contribution is -0.118. The quantitative estimate of drug-likeness (QED) is 0.525. The largest absolute Gasteiger partial charge is 0.335 e. The van der Waals surface area contributed by atoms with Crippen molar-refractivity contribution >= 4 is 46.1 Å². The number of carbonyl (C=O) groups is 3. The molecule has 0 radical (unpaired) electrons. The van der Waals surface area contributed by atoms with Crippen molar-refractivity contribution in [3.63, 3.8) is 0 Å². The Hall–Kier alpha value is -1.68. The zero-order valence-electron chi connectivity index (χ0n) is 14.6. The highest BCUT2D eigenvalue weighted by molar-refractivity contribution is 8.01. The molecule has 1 saturated carbocycles. The molecule has 1 fully saturated rings. The lowest BCUT2D eigenvalue weighted by Gasteiger charge is -2.17. The van der Waals surface area contributed by atoms with Crippen molar-refractivity contribution in [2.24, 2.45) is 0 Å². The van der Waals surface area contributed by atoms with Gasteiger partial charge in [-0.15, -0.1) is 10.2 Å². The van der Waals surface area contributed by atoms with Crippen LogP contribution in [0.15, 0.2) is 4.34 Å². The lowest BCUT2D eigenvalue weighted by atomic mass is 10.3. The van der Waals surface area contributed by atoms with E-state index in [0.29, 0.717) is 15.9 Å². The van der Waals surface area contributed by atoms with Gasteiger partial charge in [0, 0.05) is 18.5 Å². The van der Waals surface area contributed by atoms with E-state index in [1.165, 1.54) is 23.1 Å². The van der Waals surface area contributed by atoms with E-state index in [1.807, 2.05) is 20.8 Å². The number of aromatic nitrogens is 2. The highest BCUT2D eigenvalue weighted by Crippen LogP contribution is 2.36. The van der Waals surface area contributed by atoms with Crippen molar-refractivity contribution in [2.45, 2.75) is 62.9 Å². The zero-order valence-corrected chi connectivity index (χ0v) is 16.2. The van der Waals surface area contributed by atoms with Crippen molar-refractivity contribution in [1.29, 1.82) is 0 Å². The van der Waals surface area contributed by atoms with Crippen molar-refractivity contribution < 1.29 is 14.4 Å². The van der Waals surface area contributed by atoms with E-state index < -0.39 is 11.9 Å². The molecule has 2 N–H and O–H groups in total. The minimum atomic E-state index is -0.494. The van der Waals surface area contributed by atoms with Crippen LogP contribution in [0.4, 0.5) is 9.93 Å². The molecule has 8 nitrogen and oxygen atoms in total. The third-order valence-corrected chi connectivity index (χ3v) is 5.71. The van der Waals surface area contributed by atoms with E-state index in [-0.39, 0.29) is 23.7 Å². The fourth-order valence-corrected chi connectivity index (χ4v) is 3.71. The lowest BCUT2D eigenvalue weighted by Crippen LogP contribution is -2.43. The Balaban J connectivity index is 1.83. The van der Waals surface area contributed by atoms with Crippen LogP contribution in [0.5, 0.6) is 0 Å². The zero-order chi connectivity index (χ0) is 18.4. The molecule has 0 bridgehead atoms. The van der Waals surface area contributed by atoms with E-state index in [4.69, 9.17) is 0 Å². The van der Waals surface area contributed by atoms with Gasteiger partial charge in [-0.2, -0.15) is 0 Å². The van der Waals surface area contributed by atoms with Gasteiger partial charge in [-0.05, 0) is 26.2 Å². The Labute approximate surface area is 155 Å². The summed E-state index contributed by atoms with van der Waals surface area (Å²) in [6.45, 7) is 5.64. The second kappa shape index (κ2) is 9.14. The van der Waals surface area contributed by atoms with Crippen LogP contribution < -0.4 is 15.5 Å². The second-order valence-corrected chi connectivity index (χ2v) is 8.00. The number of thioether (sulfide) groups is 1. The number of amides is 4. The Morgan fingerprint density at radius 1 is 1.32 bits per heavy atom. The number of nitrogens with zero attached hydrogens (tertiary/aromatic N) is 3. The third-order valence-electron chi connectivity index (χ3n) is 3.65. The van der Waals surface area contributed by atoms with Gasteiger partial charge >= 0.3 is 6.03 Å². The first kappa shape index (κ1) is 19.6. The predicted molar refractivity (Wildman–Crippen MR) is 97.9 cm³/mol. The monoisotopic (exact) mass is 385 g/mol. The minimum absolute atomic E-state index is 0.00989. The molecule has 1 aromatic heterocycles. The summed E-state index contributed by atoms with van der Waals surface area (Å²) < 4.78 is 0.599. The smallest absolute Gasteiger partial charge is 0.321 e. The number of nitrogens with one attached hydrogen (secondary N) is 2. The summed E-state index contributed by atoms with van der Waals surface area (Å²) in [6, 6.07) is -0.257. The fraction of sp³-hybridized carbons (Fsp3) is 0.667. The normalized spacial score (nSPS) is 14.7. The molecular formula is C15H23N5O3S2. The molecule has 0 spiro atoms. The van der Waals surface area contributed by atoms with Gasteiger partial charge in [0.1, 0.15) is 0 Å². The standard InChI is InChI=1S/C15H23N5O3S2/c1-4-9(3)16-13(23)17-11(21)8-24-15-19-18-14(25-15)20(10-6-7-10)12(22)5-2/h9-10H,4-8H2,1-3H3,(H2,16,17,21,23)/t9-/m1/s1. The highest BCUT2D eigenvalue weighted by Gasteiger charge is 2.35. The van der Waals surface area contributed by atoms with E-state index in [2.05, 4.69) is 20.8 Å². The number of rotatable bonds is 8. The minimum Gasteiger partial charge on any atom is -0.335 e. The number of anilines is 1. The Morgan fingerprint density at radius 3 is 2.64 bits per heavy atom. The average molecular weight is 386 g/mol. The fourth-order valence-electron chi connectivity index (χ4n) is 1.98. The van der Waals surface area contributed by atoms with E-state index in [0.717, 1.165) is 19.3 Å². The highest BCUT2D eigenvalue weighted by atomic mass is 32.2. The van der Waals surface area contributed by atoms with Gasteiger partial charge in [0.05, 0.1) is 5.75 Å². The van der Waals surface area contributed by atoms with Crippen molar-refractivity contribution in [3.05, 3.63) is 0 Å². The topological polar surface area (TPSA) is 104 Å². The molecule has 4 amide bonds. The van der Waals surface area contributed by atoms with Crippen LogP contribution in [0.2, 0.25) is 0 Å². The van der Waals surface area contributed by atoms with E-state index >= 15 is 0 Å². The van der Waals surface area contributed by atoms with Crippen LogP contribution in [0.25, 0.3) is 0 Å². The van der Waals surface area contributed by atoms with Gasteiger partial charge in [-0.3, -0.25) is 19.8 Å². The molecule has 1 aliphatic carbocycles. The third kappa shape index (κ3) is 5.96. The summed E-state index contributed by atoms with van der Waals surface area (Å²) in [4.78, 5) is 37.2. The summed E-state index contributed by atoms with van der Waals surface area (Å²) in [5.41, 5.74) is 0. The first-order valence-electron chi connectivity index (χ1n) is 8.33. The van der Waals surface area contributed by atoms with Crippen molar-refractivity contribution in [2.75, 3.05) is 10.7 Å². The summed E-state index contributed by atoms with van der Waals surface area (Å²) >= 11 is 2.49. The molecule has 0 unspecified atom stereocenters. The van der Waals surface area contributed by atoms with Gasteiger partial charge in [0.25, 0.3) is 0 Å². The summed E-state index contributed by atoms with van der Waals surface area (Å²) in [7, 11) is 0. The van der Waals surface area contributed by atoms with Crippen LogP contribution in [-0.4, -0.2) is 45.9 Å². The van der Waals surface area contributed by atoms with E-state index in [1.54, 1.807) is 4.90 Å². The molecule has 10 heteroatoms. The first-order valence-corrected chi connectivity index (χ1v) is 10.1. The summed E-state index contributed by atoms with van der Waals surface area (Å²) in [6.07, 6.45) is 3.19. The molecule has 2 rings (SSSR count). The predicted octanol–water partition coefficient (Wildman–Crippen LogP) is 2.16. The Bertz CT molecular complexity index is 632. The second-order valence-electron chi connectivity index (χ2n) is 5.82. The number of imide groups is 1.